The van der Waals surface area contributed by atoms with Gasteiger partial charge in [0.05, 0.1) is 17.7 Å². The van der Waals surface area contributed by atoms with E-state index in [9.17, 15) is 8.96 Å². The van der Waals surface area contributed by atoms with Crippen molar-refractivity contribution < 1.29 is 18.0 Å². The molecule has 0 N–H and O–H groups in total. The Balaban J connectivity index is 2.21. The average molecular weight is 251 g/mol. The van der Waals surface area contributed by atoms with Gasteiger partial charge in [0, 0.05) is 6.42 Å². The van der Waals surface area contributed by atoms with Gasteiger partial charge < -0.3 is 9.05 Å². The second-order valence-corrected chi connectivity index (χ2v) is 4.60. The van der Waals surface area contributed by atoms with E-state index in [1.807, 2.05) is 0 Å². The second-order valence-electron chi connectivity index (χ2n) is 3.17. The van der Waals surface area contributed by atoms with Crippen LogP contribution in [0.4, 0.5) is 4.39 Å². The fraction of sp³-hybridized carbons (Fsp3) is 0.333. The molecule has 1 aromatic carbocycles. The molecule has 1 aliphatic heterocycles. The quantitative estimate of drug-likeness (QED) is 0.717. The van der Waals surface area contributed by atoms with Gasteiger partial charge in [0.1, 0.15) is 5.82 Å². The van der Waals surface area contributed by atoms with E-state index in [1.165, 1.54) is 12.1 Å². The van der Waals surface area contributed by atoms with Crippen molar-refractivity contribution in [3.8, 4) is 0 Å². The Bertz CT molecular complexity index is 399. The molecule has 15 heavy (non-hydrogen) atoms. The molecule has 0 radical (unpaired) electrons. The predicted octanol–water partition coefficient (Wildman–Crippen LogP) is 3.35. The summed E-state index contributed by atoms with van der Waals surface area (Å²) in [7, 11) is -2.40. The molecule has 0 aliphatic carbocycles. The summed E-state index contributed by atoms with van der Waals surface area (Å²) in [4.78, 5) is 0. The molecule has 0 bridgehead atoms. The number of rotatable bonds is 1. The number of hydrogen-bond donors (Lipinski definition) is 0. The second kappa shape index (κ2) is 4.62. The highest BCUT2D eigenvalue weighted by Gasteiger charge is 2.21. The van der Waals surface area contributed by atoms with E-state index in [0.717, 1.165) is 5.56 Å². The van der Waals surface area contributed by atoms with Gasteiger partial charge in [-0.15, -0.1) is 0 Å². The Hall–Kier alpha value is -0.410. The van der Waals surface area contributed by atoms with Crippen LogP contribution in [0.25, 0.3) is 0 Å². The molecule has 0 amide bonds. The first kappa shape index (κ1) is 11.1. The summed E-state index contributed by atoms with van der Waals surface area (Å²) >= 11 is 5.64. The largest absolute Gasteiger partial charge is 0.319 e. The molecular formula is C9H9ClFO3P. The van der Waals surface area contributed by atoms with Crippen LogP contribution in [0.1, 0.15) is 18.1 Å². The third-order valence-electron chi connectivity index (χ3n) is 2.15. The van der Waals surface area contributed by atoms with Crippen molar-refractivity contribution in [2.45, 2.75) is 12.5 Å². The SMILES string of the molecule is O=[PH]1OCC[C@@H](c2ccc(F)c(Cl)c2)O1. The lowest BCUT2D eigenvalue weighted by Gasteiger charge is -2.22. The van der Waals surface area contributed by atoms with Gasteiger partial charge in [0.2, 0.25) is 0 Å². The van der Waals surface area contributed by atoms with Crippen LogP contribution in [0.5, 0.6) is 0 Å². The normalized spacial score (nSPS) is 26.5. The fourth-order valence-electron chi connectivity index (χ4n) is 1.41. The van der Waals surface area contributed by atoms with E-state index in [2.05, 4.69) is 0 Å². The molecule has 1 unspecified atom stereocenters. The topological polar surface area (TPSA) is 35.5 Å². The van der Waals surface area contributed by atoms with Gasteiger partial charge in [-0.3, -0.25) is 4.57 Å². The smallest absolute Gasteiger partial charge is 0.311 e. The van der Waals surface area contributed by atoms with E-state index in [0.29, 0.717) is 13.0 Å². The Kier molecular flexibility index (Phi) is 3.42. The first-order chi connectivity index (χ1) is 7.16. The van der Waals surface area contributed by atoms with Crippen LogP contribution < -0.4 is 0 Å². The summed E-state index contributed by atoms with van der Waals surface area (Å²) in [5, 5.41) is 0.0438. The summed E-state index contributed by atoms with van der Waals surface area (Å²) in [6.45, 7) is 0.386. The fourth-order valence-corrected chi connectivity index (χ4v) is 2.43. The van der Waals surface area contributed by atoms with Crippen molar-refractivity contribution in [1.82, 2.24) is 0 Å². The molecule has 3 nitrogen and oxygen atoms in total. The van der Waals surface area contributed by atoms with Crippen LogP contribution in [-0.4, -0.2) is 6.61 Å². The first-order valence-electron chi connectivity index (χ1n) is 4.45. The van der Waals surface area contributed by atoms with Gasteiger partial charge >= 0.3 is 8.25 Å². The Morgan fingerprint density at radius 2 is 2.33 bits per heavy atom. The molecule has 0 aromatic heterocycles. The summed E-state index contributed by atoms with van der Waals surface area (Å²) in [5.41, 5.74) is 0.725. The van der Waals surface area contributed by atoms with E-state index in [4.69, 9.17) is 20.6 Å². The number of hydrogen-bond acceptors (Lipinski definition) is 3. The molecule has 0 spiro atoms. The molecule has 1 heterocycles. The summed E-state index contributed by atoms with van der Waals surface area (Å²) < 4.78 is 33.8. The van der Waals surface area contributed by atoms with Crippen molar-refractivity contribution in [2.24, 2.45) is 0 Å². The van der Waals surface area contributed by atoms with Gasteiger partial charge in [-0.1, -0.05) is 17.7 Å². The van der Waals surface area contributed by atoms with Crippen LogP contribution in [0.3, 0.4) is 0 Å². The maximum atomic E-state index is 12.9. The highest BCUT2D eigenvalue weighted by Crippen LogP contribution is 2.40. The van der Waals surface area contributed by atoms with Gasteiger partial charge in [0.15, 0.2) is 0 Å². The third-order valence-corrected chi connectivity index (χ3v) is 3.36. The van der Waals surface area contributed by atoms with Crippen molar-refractivity contribution in [3.05, 3.63) is 34.6 Å². The third kappa shape index (κ3) is 2.58. The van der Waals surface area contributed by atoms with E-state index < -0.39 is 14.1 Å². The molecule has 1 fully saturated rings. The highest BCUT2D eigenvalue weighted by molar-refractivity contribution is 7.33. The molecular weight excluding hydrogens is 242 g/mol. The summed E-state index contributed by atoms with van der Waals surface area (Å²) in [6.07, 6.45) is 0.279. The lowest BCUT2D eigenvalue weighted by Crippen LogP contribution is -2.09. The van der Waals surface area contributed by atoms with Crippen LogP contribution in [0.15, 0.2) is 18.2 Å². The van der Waals surface area contributed by atoms with Gasteiger partial charge in [-0.05, 0) is 17.7 Å². The Morgan fingerprint density at radius 1 is 1.53 bits per heavy atom. The lowest BCUT2D eigenvalue weighted by molar-refractivity contribution is 0.0968. The molecule has 6 heteroatoms. The van der Waals surface area contributed by atoms with Gasteiger partial charge in [0.25, 0.3) is 0 Å². The van der Waals surface area contributed by atoms with Crippen molar-refractivity contribution >= 4 is 19.9 Å². The van der Waals surface area contributed by atoms with Crippen LogP contribution in [-0.2, 0) is 13.6 Å². The van der Waals surface area contributed by atoms with E-state index >= 15 is 0 Å². The lowest BCUT2D eigenvalue weighted by atomic mass is 10.1. The Morgan fingerprint density at radius 3 is 3.00 bits per heavy atom. The van der Waals surface area contributed by atoms with Crippen molar-refractivity contribution in [1.29, 1.82) is 0 Å². The molecule has 1 aliphatic rings. The van der Waals surface area contributed by atoms with Gasteiger partial charge in [-0.2, -0.15) is 0 Å². The minimum absolute atomic E-state index is 0.0438. The average Bonchev–Trinajstić information content (AvgIpc) is 2.22. The van der Waals surface area contributed by atoms with E-state index in [-0.39, 0.29) is 11.1 Å². The van der Waals surface area contributed by atoms with Crippen LogP contribution in [0, 0.1) is 5.82 Å². The number of halogens is 2. The van der Waals surface area contributed by atoms with Crippen molar-refractivity contribution in [2.75, 3.05) is 6.61 Å². The molecule has 2 rings (SSSR count). The molecule has 1 saturated heterocycles. The molecule has 2 atom stereocenters. The minimum Gasteiger partial charge on any atom is -0.311 e. The van der Waals surface area contributed by atoms with Gasteiger partial charge in [-0.25, -0.2) is 4.39 Å². The monoisotopic (exact) mass is 250 g/mol. The highest BCUT2D eigenvalue weighted by atomic mass is 35.5. The number of benzene rings is 1. The van der Waals surface area contributed by atoms with Crippen LogP contribution >= 0.6 is 19.9 Å². The van der Waals surface area contributed by atoms with E-state index in [1.54, 1.807) is 6.07 Å². The summed E-state index contributed by atoms with van der Waals surface area (Å²) in [5.74, 6) is -0.472. The molecule has 1 aromatic rings. The zero-order valence-electron chi connectivity index (χ0n) is 7.70. The molecule has 0 saturated carbocycles. The minimum atomic E-state index is -2.40. The maximum absolute atomic E-state index is 12.9. The van der Waals surface area contributed by atoms with Crippen molar-refractivity contribution in [3.63, 3.8) is 0 Å². The zero-order chi connectivity index (χ0) is 10.8. The zero-order valence-corrected chi connectivity index (χ0v) is 9.46. The van der Waals surface area contributed by atoms with Crippen LogP contribution in [0.2, 0.25) is 5.02 Å². The Labute approximate surface area is 92.1 Å². The maximum Gasteiger partial charge on any atom is 0.319 e. The standard InChI is InChI=1S/C9H9ClFO3P/c10-7-5-6(1-2-8(7)11)9-3-4-13-15(12)14-9/h1-2,5,9,15H,3-4H2/t9-/m0/s1. The molecule has 82 valence electrons. The first-order valence-corrected chi connectivity index (χ1v) is 6.05. The predicted molar refractivity (Wildman–Crippen MR) is 54.8 cm³/mol. The summed E-state index contributed by atoms with van der Waals surface area (Å²) in [6, 6.07) is 4.34.